The van der Waals surface area contributed by atoms with Crippen LogP contribution in [0.15, 0.2) is 18.2 Å². The molecule has 1 aliphatic carbocycles. The molecule has 3 nitrogen and oxygen atoms in total. The number of rotatable bonds is 3. The van der Waals surface area contributed by atoms with Crippen LogP contribution in [0.3, 0.4) is 0 Å². The van der Waals surface area contributed by atoms with Gasteiger partial charge in [0.25, 0.3) is 0 Å². The van der Waals surface area contributed by atoms with Gasteiger partial charge in [-0.05, 0) is 31.4 Å². The molecule has 0 aromatic heterocycles. The Morgan fingerprint density at radius 3 is 2.79 bits per heavy atom. The van der Waals surface area contributed by atoms with E-state index in [1.54, 1.807) is 0 Å². The van der Waals surface area contributed by atoms with Gasteiger partial charge in [-0.15, -0.1) is 0 Å². The highest BCUT2D eigenvalue weighted by molar-refractivity contribution is 5.70. The van der Waals surface area contributed by atoms with Gasteiger partial charge in [0.15, 0.2) is 0 Å². The maximum atomic E-state index is 9.17. The third-order valence-electron chi connectivity index (χ3n) is 2.88. The molecule has 3 heteroatoms. The molecule has 4 N–H and O–H groups in total. The molecular formula is C11H16N2O. The third-order valence-corrected chi connectivity index (χ3v) is 2.88. The molecule has 0 amide bonds. The molecule has 76 valence electrons. The second-order valence-electron chi connectivity index (χ2n) is 4.10. The van der Waals surface area contributed by atoms with Crippen molar-refractivity contribution in [1.82, 2.24) is 0 Å². The Bertz CT molecular complexity index is 345. The number of benzene rings is 1. The fourth-order valence-electron chi connectivity index (χ4n) is 1.55. The second kappa shape index (κ2) is 3.17. The number of hydrogen-bond donors (Lipinski definition) is 3. The summed E-state index contributed by atoms with van der Waals surface area (Å²) in [4.78, 5) is 0. The summed E-state index contributed by atoms with van der Waals surface area (Å²) in [6, 6.07) is 5.92. The van der Waals surface area contributed by atoms with Crippen molar-refractivity contribution in [3.8, 4) is 0 Å². The molecule has 1 aliphatic rings. The Morgan fingerprint density at radius 2 is 2.21 bits per heavy atom. The highest BCUT2D eigenvalue weighted by Crippen LogP contribution is 2.39. The van der Waals surface area contributed by atoms with Gasteiger partial charge in [-0.1, -0.05) is 12.1 Å². The predicted molar refractivity (Wildman–Crippen MR) is 58.3 cm³/mol. The minimum Gasteiger partial charge on any atom is -0.397 e. The summed E-state index contributed by atoms with van der Waals surface area (Å²) in [6.45, 7) is 2.17. The summed E-state index contributed by atoms with van der Waals surface area (Å²) in [7, 11) is 0. The number of para-hydroxylation sites is 1. The number of aryl methyl sites for hydroxylation is 1. The number of aliphatic hydroxyl groups is 1. The lowest BCUT2D eigenvalue weighted by molar-refractivity contribution is 0.266. The molecular weight excluding hydrogens is 176 g/mol. The van der Waals surface area contributed by atoms with Crippen molar-refractivity contribution < 1.29 is 5.11 Å². The first-order chi connectivity index (χ1) is 6.67. The van der Waals surface area contributed by atoms with Gasteiger partial charge < -0.3 is 16.2 Å². The van der Waals surface area contributed by atoms with Gasteiger partial charge in [-0.3, -0.25) is 0 Å². The van der Waals surface area contributed by atoms with Crippen LogP contribution in [0.25, 0.3) is 0 Å². The van der Waals surface area contributed by atoms with Gasteiger partial charge in [0.05, 0.1) is 23.5 Å². The average molecular weight is 192 g/mol. The van der Waals surface area contributed by atoms with Crippen molar-refractivity contribution in [2.75, 3.05) is 17.7 Å². The zero-order valence-electron chi connectivity index (χ0n) is 8.38. The summed E-state index contributed by atoms with van der Waals surface area (Å²) in [5.41, 5.74) is 8.63. The fraction of sp³-hybridized carbons (Fsp3) is 0.455. The first-order valence-electron chi connectivity index (χ1n) is 4.91. The van der Waals surface area contributed by atoms with Crippen LogP contribution in [-0.4, -0.2) is 17.3 Å². The molecule has 0 radical (unpaired) electrons. The van der Waals surface area contributed by atoms with Crippen molar-refractivity contribution in [3.05, 3.63) is 23.8 Å². The van der Waals surface area contributed by atoms with Crippen LogP contribution in [0.2, 0.25) is 0 Å². The van der Waals surface area contributed by atoms with E-state index in [2.05, 4.69) is 5.32 Å². The summed E-state index contributed by atoms with van der Waals surface area (Å²) in [5, 5.41) is 12.5. The summed E-state index contributed by atoms with van der Waals surface area (Å²) in [6.07, 6.45) is 2.05. The smallest absolute Gasteiger partial charge is 0.0661 e. The van der Waals surface area contributed by atoms with Crippen molar-refractivity contribution in [2.45, 2.75) is 25.3 Å². The molecule has 0 spiro atoms. The topological polar surface area (TPSA) is 58.3 Å². The maximum absolute atomic E-state index is 9.17. The van der Waals surface area contributed by atoms with Crippen LogP contribution in [0, 0.1) is 6.92 Å². The summed E-state index contributed by atoms with van der Waals surface area (Å²) < 4.78 is 0. The SMILES string of the molecule is Cc1cccc(NC2(CO)CC2)c1N. The third kappa shape index (κ3) is 1.55. The van der Waals surface area contributed by atoms with E-state index in [4.69, 9.17) is 5.73 Å². The molecule has 0 saturated heterocycles. The minimum atomic E-state index is -0.0953. The van der Waals surface area contributed by atoms with Gasteiger partial charge in [0.2, 0.25) is 0 Å². The second-order valence-corrected chi connectivity index (χ2v) is 4.10. The van der Waals surface area contributed by atoms with Crippen LogP contribution in [-0.2, 0) is 0 Å². The molecule has 2 rings (SSSR count). The zero-order valence-corrected chi connectivity index (χ0v) is 8.38. The van der Waals surface area contributed by atoms with E-state index in [0.717, 1.165) is 29.8 Å². The average Bonchev–Trinajstić information content (AvgIpc) is 2.94. The van der Waals surface area contributed by atoms with Crippen molar-refractivity contribution >= 4 is 11.4 Å². The highest BCUT2D eigenvalue weighted by Gasteiger charge is 2.42. The lowest BCUT2D eigenvalue weighted by Crippen LogP contribution is -2.26. The van der Waals surface area contributed by atoms with Gasteiger partial charge >= 0.3 is 0 Å². The highest BCUT2D eigenvalue weighted by atomic mass is 16.3. The largest absolute Gasteiger partial charge is 0.397 e. The predicted octanol–water partition coefficient (Wildman–Crippen LogP) is 1.51. The van der Waals surface area contributed by atoms with E-state index >= 15 is 0 Å². The molecule has 1 aromatic carbocycles. The number of nitrogens with two attached hydrogens (primary N) is 1. The van der Waals surface area contributed by atoms with Crippen LogP contribution in [0.1, 0.15) is 18.4 Å². The Balaban J connectivity index is 2.21. The van der Waals surface area contributed by atoms with Gasteiger partial charge in [-0.25, -0.2) is 0 Å². The molecule has 0 atom stereocenters. The van der Waals surface area contributed by atoms with Crippen LogP contribution >= 0.6 is 0 Å². The van der Waals surface area contributed by atoms with E-state index in [-0.39, 0.29) is 12.1 Å². The van der Waals surface area contributed by atoms with Crippen molar-refractivity contribution in [3.63, 3.8) is 0 Å². The van der Waals surface area contributed by atoms with Crippen LogP contribution < -0.4 is 11.1 Å². The number of nitrogen functional groups attached to an aromatic ring is 1. The number of hydrogen-bond acceptors (Lipinski definition) is 3. The molecule has 1 aromatic rings. The first kappa shape index (κ1) is 9.34. The lowest BCUT2D eigenvalue weighted by Gasteiger charge is -2.18. The number of aliphatic hydroxyl groups excluding tert-OH is 1. The van der Waals surface area contributed by atoms with Gasteiger partial charge in [0.1, 0.15) is 0 Å². The van der Waals surface area contributed by atoms with Crippen LogP contribution in [0.4, 0.5) is 11.4 Å². The zero-order chi connectivity index (χ0) is 10.2. The van der Waals surface area contributed by atoms with E-state index in [0.29, 0.717) is 0 Å². The van der Waals surface area contributed by atoms with E-state index in [1.165, 1.54) is 0 Å². The van der Waals surface area contributed by atoms with Gasteiger partial charge in [0, 0.05) is 0 Å². The van der Waals surface area contributed by atoms with Gasteiger partial charge in [-0.2, -0.15) is 0 Å². The number of anilines is 2. The van der Waals surface area contributed by atoms with Crippen molar-refractivity contribution in [1.29, 1.82) is 0 Å². The molecule has 1 saturated carbocycles. The Labute approximate surface area is 83.9 Å². The summed E-state index contributed by atoms with van der Waals surface area (Å²) >= 11 is 0. The molecule has 0 aliphatic heterocycles. The van der Waals surface area contributed by atoms with E-state index < -0.39 is 0 Å². The fourth-order valence-corrected chi connectivity index (χ4v) is 1.55. The molecule has 0 bridgehead atoms. The quantitative estimate of drug-likeness (QED) is 0.636. The monoisotopic (exact) mass is 192 g/mol. The number of nitrogens with one attached hydrogen (secondary N) is 1. The Hall–Kier alpha value is -1.22. The standard InChI is InChI=1S/C11H16N2O/c1-8-3-2-4-9(10(8)12)13-11(7-14)5-6-11/h2-4,13-14H,5-7,12H2,1H3. The molecule has 0 heterocycles. The first-order valence-corrected chi connectivity index (χ1v) is 4.91. The van der Waals surface area contributed by atoms with E-state index in [1.807, 2.05) is 25.1 Å². The van der Waals surface area contributed by atoms with E-state index in [9.17, 15) is 5.11 Å². The maximum Gasteiger partial charge on any atom is 0.0661 e. The minimum absolute atomic E-state index is 0.0953. The van der Waals surface area contributed by atoms with Crippen molar-refractivity contribution in [2.24, 2.45) is 0 Å². The molecule has 1 fully saturated rings. The summed E-state index contributed by atoms with van der Waals surface area (Å²) in [5.74, 6) is 0. The molecule has 0 unspecified atom stereocenters. The normalized spacial score (nSPS) is 17.9. The molecule has 14 heavy (non-hydrogen) atoms. The Kier molecular flexibility index (Phi) is 2.11. The Morgan fingerprint density at radius 1 is 1.50 bits per heavy atom. The van der Waals surface area contributed by atoms with Crippen LogP contribution in [0.5, 0.6) is 0 Å². The lowest BCUT2D eigenvalue weighted by atomic mass is 10.1.